The summed E-state index contributed by atoms with van der Waals surface area (Å²) in [4.78, 5) is 31.4. The molecule has 1 aliphatic rings. The fraction of sp³-hybridized carbons (Fsp3) is 0.303. The summed E-state index contributed by atoms with van der Waals surface area (Å²) < 4.78 is 58.3. The van der Waals surface area contributed by atoms with Crippen LogP contribution in [-0.2, 0) is 25.8 Å². The molecular formula is C33H31F4N5O2. The van der Waals surface area contributed by atoms with Gasteiger partial charge in [0.25, 0.3) is 5.56 Å². The standard InChI is InChI=1S/C33H31F4N5O2/c1-23(26-9-3-2-4-10-26)19-42-31(43)30(40-15-13-39(14-16-40)20-25-8-5-7-24(17-25)18-38)22-41(32(42)44)21-27-28(33(35,36)37)11-6-12-29(27)34/h2-12,17,22-23H,13-16,19-21H2,1H3/t23-/m0/s1. The molecule has 44 heavy (non-hydrogen) atoms. The quantitative estimate of drug-likeness (QED) is 0.258. The molecule has 1 atom stereocenters. The Morgan fingerprint density at radius 2 is 1.61 bits per heavy atom. The molecule has 228 valence electrons. The van der Waals surface area contributed by atoms with E-state index in [1.54, 1.807) is 6.07 Å². The molecule has 0 unspecified atom stereocenters. The molecule has 1 fully saturated rings. The zero-order chi connectivity index (χ0) is 31.4. The number of nitriles is 1. The van der Waals surface area contributed by atoms with Crippen molar-refractivity contribution < 1.29 is 17.6 Å². The van der Waals surface area contributed by atoms with Gasteiger partial charge in [0, 0.05) is 51.0 Å². The number of alkyl halides is 3. The summed E-state index contributed by atoms with van der Waals surface area (Å²) >= 11 is 0. The van der Waals surface area contributed by atoms with Crippen molar-refractivity contribution in [2.45, 2.75) is 38.7 Å². The van der Waals surface area contributed by atoms with Gasteiger partial charge in [0.2, 0.25) is 0 Å². The van der Waals surface area contributed by atoms with Crippen molar-refractivity contribution in [3.05, 3.63) is 133 Å². The zero-order valence-electron chi connectivity index (χ0n) is 24.1. The molecule has 0 radical (unpaired) electrons. The third kappa shape index (κ3) is 6.76. The molecule has 0 amide bonds. The van der Waals surface area contributed by atoms with Crippen molar-refractivity contribution >= 4 is 5.69 Å². The Labute approximate surface area is 251 Å². The van der Waals surface area contributed by atoms with Gasteiger partial charge in [0.1, 0.15) is 11.5 Å². The van der Waals surface area contributed by atoms with Crippen molar-refractivity contribution in [2.24, 2.45) is 0 Å². The van der Waals surface area contributed by atoms with Gasteiger partial charge >= 0.3 is 11.9 Å². The number of hydrogen-bond acceptors (Lipinski definition) is 5. The summed E-state index contributed by atoms with van der Waals surface area (Å²) in [6, 6.07) is 21.4. The average molecular weight is 606 g/mol. The average Bonchev–Trinajstić information content (AvgIpc) is 3.01. The van der Waals surface area contributed by atoms with E-state index in [9.17, 15) is 32.4 Å². The lowest BCUT2D eigenvalue weighted by atomic mass is 10.0. The van der Waals surface area contributed by atoms with Gasteiger partial charge in [-0.15, -0.1) is 0 Å². The van der Waals surface area contributed by atoms with E-state index in [4.69, 9.17) is 0 Å². The van der Waals surface area contributed by atoms with Crippen molar-refractivity contribution in [3.8, 4) is 6.07 Å². The lowest BCUT2D eigenvalue weighted by Crippen LogP contribution is -2.50. The van der Waals surface area contributed by atoms with E-state index in [-0.39, 0.29) is 18.2 Å². The van der Waals surface area contributed by atoms with E-state index in [1.165, 1.54) is 6.20 Å². The molecule has 1 aliphatic heterocycles. The van der Waals surface area contributed by atoms with Crippen LogP contribution in [0.2, 0.25) is 0 Å². The van der Waals surface area contributed by atoms with Crippen LogP contribution in [0.15, 0.2) is 88.6 Å². The number of halogens is 4. The Hall–Kier alpha value is -4.69. The minimum absolute atomic E-state index is 0.00584. The molecule has 0 saturated carbocycles. The van der Waals surface area contributed by atoms with Crippen molar-refractivity contribution in [1.29, 1.82) is 5.26 Å². The highest BCUT2D eigenvalue weighted by Crippen LogP contribution is 2.33. The number of benzene rings is 3. The van der Waals surface area contributed by atoms with Crippen LogP contribution < -0.4 is 16.1 Å². The van der Waals surface area contributed by atoms with Crippen molar-refractivity contribution in [1.82, 2.24) is 14.0 Å². The van der Waals surface area contributed by atoms with Gasteiger partial charge in [0.05, 0.1) is 23.7 Å². The first-order chi connectivity index (χ1) is 21.0. The Morgan fingerprint density at radius 3 is 2.30 bits per heavy atom. The van der Waals surface area contributed by atoms with Gasteiger partial charge in [-0.2, -0.15) is 18.4 Å². The summed E-state index contributed by atoms with van der Waals surface area (Å²) in [5.74, 6) is -1.34. The fourth-order valence-corrected chi connectivity index (χ4v) is 5.59. The summed E-state index contributed by atoms with van der Waals surface area (Å²) in [6.07, 6.45) is -3.57. The molecule has 11 heteroatoms. The molecule has 0 spiro atoms. The monoisotopic (exact) mass is 605 g/mol. The molecule has 1 aromatic heterocycles. The molecular weight excluding hydrogens is 574 g/mol. The number of piperazine rings is 1. The predicted molar refractivity (Wildman–Crippen MR) is 159 cm³/mol. The topological polar surface area (TPSA) is 74.3 Å². The van der Waals surface area contributed by atoms with E-state index in [0.717, 1.165) is 38.5 Å². The van der Waals surface area contributed by atoms with Crippen LogP contribution in [0, 0.1) is 17.1 Å². The van der Waals surface area contributed by atoms with E-state index in [0.29, 0.717) is 38.3 Å². The minimum atomic E-state index is -4.83. The second-order valence-electron chi connectivity index (χ2n) is 11.0. The second-order valence-corrected chi connectivity index (χ2v) is 11.0. The summed E-state index contributed by atoms with van der Waals surface area (Å²) in [5, 5.41) is 9.20. The SMILES string of the molecule is C[C@@H](Cn1c(=O)c(N2CCN(Cc3cccc(C#N)c3)CC2)cn(Cc2c(F)cccc2C(F)(F)F)c1=O)c1ccccc1. The van der Waals surface area contributed by atoms with Crippen LogP contribution >= 0.6 is 0 Å². The lowest BCUT2D eigenvalue weighted by molar-refractivity contribution is -0.138. The Bertz CT molecular complexity index is 1790. The number of aromatic nitrogens is 2. The maximum Gasteiger partial charge on any atom is 0.416 e. The molecule has 2 heterocycles. The summed E-state index contributed by atoms with van der Waals surface area (Å²) in [5.41, 5.74) is -0.595. The van der Waals surface area contributed by atoms with Crippen molar-refractivity contribution in [3.63, 3.8) is 0 Å². The van der Waals surface area contributed by atoms with E-state index < -0.39 is 40.9 Å². The molecule has 0 aliphatic carbocycles. The first-order valence-corrected chi connectivity index (χ1v) is 14.3. The second kappa shape index (κ2) is 12.9. The molecule has 4 aromatic rings. The van der Waals surface area contributed by atoms with Gasteiger partial charge in [-0.3, -0.25) is 18.8 Å². The van der Waals surface area contributed by atoms with Crippen LogP contribution in [0.1, 0.15) is 40.7 Å². The molecule has 1 saturated heterocycles. The minimum Gasteiger partial charge on any atom is -0.363 e. The van der Waals surface area contributed by atoms with Crippen LogP contribution in [0.4, 0.5) is 23.2 Å². The van der Waals surface area contributed by atoms with Gasteiger partial charge in [0.15, 0.2) is 0 Å². The fourth-order valence-electron chi connectivity index (χ4n) is 5.59. The predicted octanol–water partition coefficient (Wildman–Crippen LogP) is 5.21. The van der Waals surface area contributed by atoms with Crippen LogP contribution in [0.5, 0.6) is 0 Å². The van der Waals surface area contributed by atoms with E-state index in [2.05, 4.69) is 11.0 Å². The molecule has 5 rings (SSSR count). The van der Waals surface area contributed by atoms with Gasteiger partial charge < -0.3 is 4.90 Å². The molecule has 0 bridgehead atoms. The van der Waals surface area contributed by atoms with Crippen LogP contribution in [-0.4, -0.2) is 40.2 Å². The van der Waals surface area contributed by atoms with Crippen LogP contribution in [0.3, 0.4) is 0 Å². The first kappa shape index (κ1) is 30.8. The highest BCUT2D eigenvalue weighted by atomic mass is 19.4. The summed E-state index contributed by atoms with van der Waals surface area (Å²) in [7, 11) is 0. The molecule has 0 N–H and O–H groups in total. The summed E-state index contributed by atoms with van der Waals surface area (Å²) in [6.45, 7) is 3.76. The highest BCUT2D eigenvalue weighted by Gasteiger charge is 2.35. The maximum absolute atomic E-state index is 14.8. The number of rotatable bonds is 8. The smallest absolute Gasteiger partial charge is 0.363 e. The third-order valence-corrected chi connectivity index (χ3v) is 7.97. The van der Waals surface area contributed by atoms with Gasteiger partial charge in [-0.25, -0.2) is 9.18 Å². The number of hydrogen-bond donors (Lipinski definition) is 0. The van der Waals surface area contributed by atoms with Gasteiger partial charge in [-0.1, -0.05) is 55.5 Å². The zero-order valence-corrected chi connectivity index (χ0v) is 24.1. The Morgan fingerprint density at radius 1 is 0.909 bits per heavy atom. The molecule has 7 nitrogen and oxygen atoms in total. The third-order valence-electron chi connectivity index (χ3n) is 7.97. The number of anilines is 1. The largest absolute Gasteiger partial charge is 0.416 e. The highest BCUT2D eigenvalue weighted by molar-refractivity contribution is 5.44. The Kier molecular flexibility index (Phi) is 9.01. The normalized spacial score (nSPS) is 14.8. The van der Waals surface area contributed by atoms with E-state index >= 15 is 0 Å². The van der Waals surface area contributed by atoms with E-state index in [1.807, 2.05) is 60.4 Å². The molecule has 3 aromatic carbocycles. The van der Waals surface area contributed by atoms with Crippen molar-refractivity contribution in [2.75, 3.05) is 31.1 Å². The maximum atomic E-state index is 14.8. The number of nitrogens with zero attached hydrogens (tertiary/aromatic N) is 5. The van der Waals surface area contributed by atoms with Gasteiger partial charge in [-0.05, 0) is 41.3 Å². The van der Waals surface area contributed by atoms with Crippen LogP contribution in [0.25, 0.3) is 0 Å². The lowest BCUT2D eigenvalue weighted by Gasteiger charge is -2.36. The first-order valence-electron chi connectivity index (χ1n) is 14.3. The Balaban J connectivity index is 1.49.